The Morgan fingerprint density at radius 1 is 1.80 bits per heavy atom. The average Bonchev–Trinajstić information content (AvgIpc) is 2.38. The molecule has 1 N–H and O–H groups in total. The van der Waals surface area contributed by atoms with Gasteiger partial charge in [-0.1, -0.05) is 0 Å². The van der Waals surface area contributed by atoms with Gasteiger partial charge in [0.25, 0.3) is 0 Å². The fraction of sp³-hybridized carbons (Fsp3) is 0.167. The van der Waals surface area contributed by atoms with Crippen LogP contribution in [-0.4, -0.2) is 17.8 Å². The van der Waals surface area contributed by atoms with Crippen molar-refractivity contribution in [3.63, 3.8) is 0 Å². The predicted molar refractivity (Wildman–Crippen MR) is 32.2 cm³/mol. The zero-order valence-electron chi connectivity index (χ0n) is 5.13. The first-order valence-electron chi connectivity index (χ1n) is 2.71. The maximum absolute atomic E-state index is 11.4. The van der Waals surface area contributed by atoms with Gasteiger partial charge in [0.2, 0.25) is 6.86 Å². The molecule has 0 spiro atoms. The van der Waals surface area contributed by atoms with Crippen molar-refractivity contribution in [2.24, 2.45) is 0 Å². The highest BCUT2D eigenvalue weighted by Gasteiger charge is 2.05. The van der Waals surface area contributed by atoms with Crippen molar-refractivity contribution >= 4 is 5.97 Å². The smallest absolute Gasteiger partial charge is 0.357 e. The lowest BCUT2D eigenvalue weighted by atomic mass is 10.4. The maximum Gasteiger partial charge on any atom is 0.357 e. The number of alkyl halides is 1. The standard InChI is InChI=1S/C6H6FNO2/c7-4-10-6(9)5-2-1-3-8-5/h1-3,8H,4H2. The van der Waals surface area contributed by atoms with Crippen molar-refractivity contribution in [1.29, 1.82) is 0 Å². The number of ether oxygens (including phenoxy) is 1. The van der Waals surface area contributed by atoms with Crippen molar-refractivity contribution in [3.05, 3.63) is 24.0 Å². The molecule has 0 aliphatic rings. The molecule has 1 heterocycles. The predicted octanol–water partition coefficient (Wildman–Crippen LogP) is 1.10. The van der Waals surface area contributed by atoms with Crippen LogP contribution in [0.5, 0.6) is 0 Å². The Kier molecular flexibility index (Phi) is 2.04. The summed E-state index contributed by atoms with van der Waals surface area (Å²) in [5, 5.41) is 0. The van der Waals surface area contributed by atoms with Crippen molar-refractivity contribution in [1.82, 2.24) is 4.98 Å². The summed E-state index contributed by atoms with van der Waals surface area (Å²) in [6.07, 6.45) is 1.56. The Balaban J connectivity index is 2.59. The van der Waals surface area contributed by atoms with Gasteiger partial charge in [0.05, 0.1) is 0 Å². The van der Waals surface area contributed by atoms with Gasteiger partial charge in [-0.25, -0.2) is 9.18 Å². The molecule has 0 aromatic carbocycles. The van der Waals surface area contributed by atoms with Gasteiger partial charge in [-0.05, 0) is 12.1 Å². The molecular formula is C6H6FNO2. The van der Waals surface area contributed by atoms with Crippen LogP contribution >= 0.6 is 0 Å². The molecule has 1 aromatic heterocycles. The number of carbonyl (C=O) groups is 1. The van der Waals surface area contributed by atoms with Gasteiger partial charge in [-0.15, -0.1) is 0 Å². The summed E-state index contributed by atoms with van der Waals surface area (Å²) in [7, 11) is 0. The summed E-state index contributed by atoms with van der Waals surface area (Å²) >= 11 is 0. The van der Waals surface area contributed by atoms with Crippen LogP contribution < -0.4 is 0 Å². The summed E-state index contributed by atoms with van der Waals surface area (Å²) in [6.45, 7) is -1.09. The minimum atomic E-state index is -1.09. The zero-order chi connectivity index (χ0) is 7.40. The minimum absolute atomic E-state index is 0.262. The summed E-state index contributed by atoms with van der Waals surface area (Å²) in [5.41, 5.74) is 0.262. The van der Waals surface area contributed by atoms with E-state index in [-0.39, 0.29) is 5.69 Å². The van der Waals surface area contributed by atoms with Crippen molar-refractivity contribution < 1.29 is 13.9 Å². The second-order valence-electron chi connectivity index (χ2n) is 1.62. The van der Waals surface area contributed by atoms with Crippen molar-refractivity contribution in [2.75, 3.05) is 6.86 Å². The first kappa shape index (κ1) is 6.80. The third-order valence-electron chi connectivity index (χ3n) is 1.00. The molecule has 1 aromatic rings. The lowest BCUT2D eigenvalue weighted by Crippen LogP contribution is -2.03. The van der Waals surface area contributed by atoms with Crippen LogP contribution in [0.25, 0.3) is 0 Å². The molecular weight excluding hydrogens is 137 g/mol. The van der Waals surface area contributed by atoms with E-state index in [1.165, 1.54) is 6.07 Å². The third-order valence-corrected chi connectivity index (χ3v) is 1.00. The lowest BCUT2D eigenvalue weighted by Gasteiger charge is -1.94. The number of esters is 1. The molecule has 0 bridgehead atoms. The zero-order valence-corrected chi connectivity index (χ0v) is 5.13. The van der Waals surface area contributed by atoms with Gasteiger partial charge in [-0.2, -0.15) is 0 Å². The summed E-state index contributed by atoms with van der Waals surface area (Å²) in [5.74, 6) is -0.674. The van der Waals surface area contributed by atoms with Gasteiger partial charge in [0.15, 0.2) is 0 Å². The van der Waals surface area contributed by atoms with E-state index in [1.807, 2.05) is 0 Å². The molecule has 0 amide bonds. The first-order valence-corrected chi connectivity index (χ1v) is 2.71. The van der Waals surface area contributed by atoms with Crippen LogP contribution in [0.1, 0.15) is 10.5 Å². The number of carbonyl (C=O) groups excluding carboxylic acids is 1. The van der Waals surface area contributed by atoms with Gasteiger partial charge >= 0.3 is 5.97 Å². The highest BCUT2D eigenvalue weighted by molar-refractivity contribution is 5.87. The summed E-state index contributed by atoms with van der Waals surface area (Å²) in [6, 6.07) is 3.15. The molecule has 0 aliphatic heterocycles. The number of aromatic nitrogens is 1. The number of H-pyrrole nitrogens is 1. The second kappa shape index (κ2) is 3.00. The molecule has 0 radical (unpaired) electrons. The van der Waals surface area contributed by atoms with Crippen LogP contribution in [0.2, 0.25) is 0 Å². The van der Waals surface area contributed by atoms with Crippen LogP contribution in [0.3, 0.4) is 0 Å². The average molecular weight is 143 g/mol. The quantitative estimate of drug-likeness (QED) is 0.630. The minimum Gasteiger partial charge on any atom is -0.429 e. The highest BCUT2D eigenvalue weighted by Crippen LogP contribution is 1.96. The Labute approximate surface area is 56.8 Å². The molecule has 10 heavy (non-hydrogen) atoms. The third kappa shape index (κ3) is 1.34. The van der Waals surface area contributed by atoms with Crippen LogP contribution in [0.15, 0.2) is 18.3 Å². The highest BCUT2D eigenvalue weighted by atomic mass is 19.1. The van der Waals surface area contributed by atoms with E-state index in [1.54, 1.807) is 12.3 Å². The number of nitrogens with one attached hydrogen (secondary N) is 1. The van der Waals surface area contributed by atoms with Crippen molar-refractivity contribution in [2.45, 2.75) is 0 Å². The van der Waals surface area contributed by atoms with E-state index in [9.17, 15) is 9.18 Å². The van der Waals surface area contributed by atoms with Gasteiger partial charge in [0, 0.05) is 6.20 Å². The normalized spacial score (nSPS) is 9.30. The Bertz CT molecular complexity index is 208. The van der Waals surface area contributed by atoms with Crippen LogP contribution in [-0.2, 0) is 4.74 Å². The number of halogens is 1. The van der Waals surface area contributed by atoms with E-state index in [2.05, 4.69) is 9.72 Å². The topological polar surface area (TPSA) is 42.1 Å². The fourth-order valence-electron chi connectivity index (χ4n) is 0.585. The molecule has 0 saturated carbocycles. The van der Waals surface area contributed by atoms with Crippen molar-refractivity contribution in [3.8, 4) is 0 Å². The Hall–Kier alpha value is -1.32. The molecule has 0 saturated heterocycles. The van der Waals surface area contributed by atoms with E-state index in [0.717, 1.165) is 0 Å². The molecule has 54 valence electrons. The van der Waals surface area contributed by atoms with E-state index >= 15 is 0 Å². The SMILES string of the molecule is O=C(OCF)c1ccc[nH]1. The van der Waals surface area contributed by atoms with E-state index in [0.29, 0.717) is 0 Å². The Morgan fingerprint density at radius 2 is 2.60 bits per heavy atom. The van der Waals surface area contributed by atoms with E-state index < -0.39 is 12.8 Å². The van der Waals surface area contributed by atoms with Crippen LogP contribution in [0, 0.1) is 0 Å². The number of aromatic amines is 1. The van der Waals surface area contributed by atoms with Gasteiger partial charge < -0.3 is 9.72 Å². The molecule has 0 unspecified atom stereocenters. The maximum atomic E-state index is 11.4. The Morgan fingerprint density at radius 3 is 3.10 bits per heavy atom. The number of rotatable bonds is 2. The molecule has 3 nitrogen and oxygen atoms in total. The molecule has 4 heteroatoms. The van der Waals surface area contributed by atoms with Gasteiger partial charge in [-0.3, -0.25) is 0 Å². The largest absolute Gasteiger partial charge is 0.429 e. The number of hydrogen-bond donors (Lipinski definition) is 1. The molecule has 0 atom stereocenters. The number of hydrogen-bond acceptors (Lipinski definition) is 2. The summed E-state index contributed by atoms with van der Waals surface area (Å²) < 4.78 is 15.4. The molecule has 1 rings (SSSR count). The lowest BCUT2D eigenvalue weighted by molar-refractivity contribution is 0.0318. The monoisotopic (exact) mass is 143 g/mol. The second-order valence-corrected chi connectivity index (χ2v) is 1.62. The van der Waals surface area contributed by atoms with Crippen LogP contribution in [0.4, 0.5) is 4.39 Å². The van der Waals surface area contributed by atoms with E-state index in [4.69, 9.17) is 0 Å². The van der Waals surface area contributed by atoms with Gasteiger partial charge in [0.1, 0.15) is 5.69 Å². The molecule has 0 aliphatic carbocycles. The fourth-order valence-corrected chi connectivity index (χ4v) is 0.585. The molecule has 0 fully saturated rings. The first-order chi connectivity index (χ1) is 4.84. The summed E-state index contributed by atoms with van der Waals surface area (Å²) in [4.78, 5) is 13.2.